The van der Waals surface area contributed by atoms with Crippen LogP contribution in [0.3, 0.4) is 0 Å². The molecule has 1 aromatic heterocycles. The number of hydrogen-bond acceptors (Lipinski definition) is 3. The van der Waals surface area contributed by atoms with Crippen molar-refractivity contribution in [2.24, 2.45) is 5.92 Å². The van der Waals surface area contributed by atoms with Crippen molar-refractivity contribution in [1.82, 2.24) is 9.88 Å². The Kier molecular flexibility index (Phi) is 4.32. The number of amides is 2. The molecule has 0 saturated carbocycles. The Morgan fingerprint density at radius 2 is 2.04 bits per heavy atom. The molecular weight excluding hydrogens is 338 g/mol. The first-order valence-corrected chi connectivity index (χ1v) is 9.99. The molecule has 1 N–H and O–H groups in total. The lowest BCUT2D eigenvalue weighted by atomic mass is 9.84. The molecule has 2 fully saturated rings. The second-order valence-electron chi connectivity index (χ2n) is 7.85. The number of aromatic nitrogens is 1. The number of rotatable bonds is 2. The number of ether oxygens (including phenoxy) is 1. The van der Waals surface area contributed by atoms with Crippen LogP contribution in [0, 0.1) is 5.92 Å². The number of hydrogen-bond donors (Lipinski definition) is 1. The van der Waals surface area contributed by atoms with E-state index in [0.29, 0.717) is 17.7 Å². The van der Waals surface area contributed by atoms with Gasteiger partial charge >= 0.3 is 6.03 Å². The van der Waals surface area contributed by atoms with Crippen LogP contribution in [-0.4, -0.2) is 41.7 Å². The van der Waals surface area contributed by atoms with Gasteiger partial charge in [-0.25, -0.2) is 9.78 Å². The Morgan fingerprint density at radius 3 is 2.93 bits per heavy atom. The highest BCUT2D eigenvalue weighted by atomic mass is 16.5. The molecule has 5 nitrogen and oxygen atoms in total. The molecular formula is C22H25N3O2. The minimum absolute atomic E-state index is 0.0317. The normalized spacial score (nSPS) is 26.5. The average molecular weight is 363 g/mol. The van der Waals surface area contributed by atoms with Gasteiger partial charge in [0, 0.05) is 36.7 Å². The van der Waals surface area contributed by atoms with Crippen LogP contribution in [0.25, 0.3) is 0 Å². The molecule has 3 aliphatic rings. The predicted octanol–water partition coefficient (Wildman–Crippen LogP) is 3.61. The summed E-state index contributed by atoms with van der Waals surface area (Å²) >= 11 is 0. The van der Waals surface area contributed by atoms with E-state index >= 15 is 0 Å². The smallest absolute Gasteiger partial charge is 0.323 e. The summed E-state index contributed by atoms with van der Waals surface area (Å²) in [7, 11) is 0. The molecule has 3 unspecified atom stereocenters. The number of nitrogens with one attached hydrogen (secondary N) is 1. The topological polar surface area (TPSA) is 54.5 Å². The molecule has 0 radical (unpaired) electrons. The second-order valence-corrected chi connectivity index (χ2v) is 7.85. The highest BCUT2D eigenvalue weighted by molar-refractivity contribution is 5.89. The summed E-state index contributed by atoms with van der Waals surface area (Å²) < 4.78 is 5.76. The van der Waals surface area contributed by atoms with E-state index < -0.39 is 0 Å². The zero-order chi connectivity index (χ0) is 18.2. The molecule has 3 heterocycles. The van der Waals surface area contributed by atoms with E-state index in [4.69, 9.17) is 4.74 Å². The molecule has 5 rings (SSSR count). The Morgan fingerprint density at radius 1 is 1.15 bits per heavy atom. The molecule has 0 spiro atoms. The van der Waals surface area contributed by atoms with E-state index in [0.717, 1.165) is 51.1 Å². The van der Waals surface area contributed by atoms with Crippen LogP contribution in [0.4, 0.5) is 10.6 Å². The van der Waals surface area contributed by atoms with Crippen molar-refractivity contribution in [3.63, 3.8) is 0 Å². The summed E-state index contributed by atoms with van der Waals surface area (Å²) in [6.45, 7) is 2.19. The quantitative estimate of drug-likeness (QED) is 0.887. The molecule has 2 amide bonds. The van der Waals surface area contributed by atoms with E-state index in [1.165, 1.54) is 11.1 Å². The molecule has 2 aromatic rings. The largest absolute Gasteiger partial charge is 0.381 e. The van der Waals surface area contributed by atoms with Crippen molar-refractivity contribution in [3.05, 3.63) is 59.3 Å². The summed E-state index contributed by atoms with van der Waals surface area (Å²) in [5.41, 5.74) is 3.76. The standard InChI is InChI=1S/C22H25N3O2/c26-22(24-21-10-9-16-7-4-8-19(16)23-21)25-13-17(15-5-2-1-3-6-15)18-14-27-12-11-20(18)25/h1-3,5-6,9-10,17-18,20H,4,7-8,11-14H2,(H,23,24,26). The van der Waals surface area contributed by atoms with Crippen LogP contribution >= 0.6 is 0 Å². The van der Waals surface area contributed by atoms with Crippen molar-refractivity contribution >= 4 is 11.8 Å². The van der Waals surface area contributed by atoms with Crippen molar-refractivity contribution in [2.45, 2.75) is 37.6 Å². The molecule has 3 atom stereocenters. The molecule has 0 bridgehead atoms. The number of carbonyl (C=O) groups is 1. The highest BCUT2D eigenvalue weighted by Gasteiger charge is 2.46. The van der Waals surface area contributed by atoms with Gasteiger partial charge in [-0.3, -0.25) is 5.32 Å². The van der Waals surface area contributed by atoms with Gasteiger partial charge in [0.15, 0.2) is 0 Å². The molecule has 2 aliphatic heterocycles. The van der Waals surface area contributed by atoms with Gasteiger partial charge in [0.05, 0.1) is 6.61 Å². The number of benzene rings is 1. The van der Waals surface area contributed by atoms with Crippen LogP contribution in [-0.2, 0) is 17.6 Å². The first-order chi connectivity index (χ1) is 13.3. The molecule has 27 heavy (non-hydrogen) atoms. The van der Waals surface area contributed by atoms with E-state index in [1.54, 1.807) is 0 Å². The van der Waals surface area contributed by atoms with E-state index in [9.17, 15) is 4.79 Å². The summed E-state index contributed by atoms with van der Waals surface area (Å²) in [5.74, 6) is 1.36. The van der Waals surface area contributed by atoms with Gasteiger partial charge in [-0.15, -0.1) is 0 Å². The number of pyridine rings is 1. The van der Waals surface area contributed by atoms with Gasteiger partial charge in [-0.2, -0.15) is 0 Å². The maximum atomic E-state index is 13.1. The third kappa shape index (κ3) is 3.10. The number of fused-ring (bicyclic) bond motifs is 2. The zero-order valence-electron chi connectivity index (χ0n) is 15.4. The number of urea groups is 1. The summed E-state index contributed by atoms with van der Waals surface area (Å²) in [5, 5.41) is 3.05. The van der Waals surface area contributed by atoms with E-state index in [-0.39, 0.29) is 12.1 Å². The summed E-state index contributed by atoms with van der Waals surface area (Å²) in [4.78, 5) is 19.8. The lowest BCUT2D eigenvalue weighted by Crippen LogP contribution is -2.44. The molecule has 2 saturated heterocycles. The van der Waals surface area contributed by atoms with Crippen LogP contribution in [0.2, 0.25) is 0 Å². The number of aryl methyl sites for hydroxylation is 2. The monoisotopic (exact) mass is 363 g/mol. The zero-order valence-corrected chi connectivity index (χ0v) is 15.4. The number of likely N-dealkylation sites (tertiary alicyclic amines) is 1. The van der Waals surface area contributed by atoms with Crippen LogP contribution in [0.15, 0.2) is 42.5 Å². The van der Waals surface area contributed by atoms with E-state index in [1.807, 2.05) is 17.0 Å². The molecule has 1 aromatic carbocycles. The van der Waals surface area contributed by atoms with Gasteiger partial charge in [-0.1, -0.05) is 36.4 Å². The first-order valence-electron chi connectivity index (χ1n) is 9.99. The number of carbonyl (C=O) groups excluding carboxylic acids is 1. The summed E-state index contributed by atoms with van der Waals surface area (Å²) in [6, 6.07) is 14.8. The third-order valence-electron chi connectivity index (χ3n) is 6.32. The Labute approximate surface area is 159 Å². The fraction of sp³-hybridized carbons (Fsp3) is 0.455. The average Bonchev–Trinajstić information content (AvgIpc) is 3.33. The SMILES string of the molecule is O=C(Nc1ccc2c(n1)CCC2)N1CC(c2ccccc2)C2COCCC21. The number of anilines is 1. The Hall–Kier alpha value is -2.40. The van der Waals surface area contributed by atoms with Gasteiger partial charge in [0.1, 0.15) is 5.82 Å². The van der Waals surface area contributed by atoms with Crippen LogP contribution in [0.5, 0.6) is 0 Å². The molecule has 140 valence electrons. The fourth-order valence-electron chi connectivity index (χ4n) is 4.96. The van der Waals surface area contributed by atoms with Gasteiger partial charge < -0.3 is 9.64 Å². The minimum atomic E-state index is -0.0317. The van der Waals surface area contributed by atoms with Crippen molar-refractivity contribution < 1.29 is 9.53 Å². The third-order valence-corrected chi connectivity index (χ3v) is 6.32. The Balaban J connectivity index is 1.36. The molecule has 5 heteroatoms. The lowest BCUT2D eigenvalue weighted by molar-refractivity contribution is 0.0272. The Bertz CT molecular complexity index is 839. The maximum absolute atomic E-state index is 13.1. The van der Waals surface area contributed by atoms with Crippen LogP contribution in [0.1, 0.15) is 35.6 Å². The van der Waals surface area contributed by atoms with Crippen molar-refractivity contribution in [1.29, 1.82) is 0 Å². The first kappa shape index (κ1) is 16.8. The van der Waals surface area contributed by atoms with E-state index in [2.05, 4.69) is 40.6 Å². The minimum Gasteiger partial charge on any atom is -0.381 e. The fourth-order valence-corrected chi connectivity index (χ4v) is 4.96. The molecule has 1 aliphatic carbocycles. The summed E-state index contributed by atoms with van der Waals surface area (Å²) in [6.07, 6.45) is 4.18. The van der Waals surface area contributed by atoms with Crippen LogP contribution < -0.4 is 5.32 Å². The predicted molar refractivity (Wildman–Crippen MR) is 104 cm³/mol. The van der Waals surface area contributed by atoms with Crippen molar-refractivity contribution in [2.75, 3.05) is 25.1 Å². The van der Waals surface area contributed by atoms with Gasteiger partial charge in [-0.05, 0) is 42.9 Å². The van der Waals surface area contributed by atoms with Crippen molar-refractivity contribution in [3.8, 4) is 0 Å². The van der Waals surface area contributed by atoms with Gasteiger partial charge in [0.25, 0.3) is 0 Å². The van der Waals surface area contributed by atoms with Gasteiger partial charge in [0.2, 0.25) is 0 Å². The highest BCUT2D eigenvalue weighted by Crippen LogP contribution is 2.41. The second kappa shape index (κ2) is 6.97. The maximum Gasteiger partial charge on any atom is 0.323 e. The number of nitrogens with zero attached hydrogens (tertiary/aromatic N) is 2. The lowest BCUT2D eigenvalue weighted by Gasteiger charge is -2.32.